The Morgan fingerprint density at radius 1 is 1.50 bits per heavy atom. The van der Waals surface area contributed by atoms with Crippen molar-refractivity contribution in [2.75, 3.05) is 13.2 Å². The molecule has 5 heteroatoms. The summed E-state index contributed by atoms with van der Waals surface area (Å²) in [6.07, 6.45) is 0.904. The molecule has 0 unspecified atom stereocenters. The average molecular weight is 274 g/mol. The van der Waals surface area contributed by atoms with E-state index in [0.29, 0.717) is 17.5 Å². The molecule has 1 aromatic rings. The molecule has 0 atom stereocenters. The number of amides is 1. The van der Waals surface area contributed by atoms with Crippen LogP contribution in [0, 0.1) is 11.7 Å². The molecule has 0 aliphatic rings. The summed E-state index contributed by atoms with van der Waals surface area (Å²) in [5, 5.41) is 3.00. The molecule has 1 rings (SSSR count). The Morgan fingerprint density at radius 3 is 2.83 bits per heavy atom. The van der Waals surface area contributed by atoms with Crippen molar-refractivity contribution in [3.8, 4) is 5.75 Å². The lowest BCUT2D eigenvalue weighted by Crippen LogP contribution is -2.30. The Balaban J connectivity index is 2.33. The summed E-state index contributed by atoms with van der Waals surface area (Å²) in [6, 6.07) is 4.06. The van der Waals surface area contributed by atoms with Crippen molar-refractivity contribution in [2.24, 2.45) is 5.92 Å². The second-order valence-electron chi connectivity index (χ2n) is 4.40. The summed E-state index contributed by atoms with van der Waals surface area (Å²) in [4.78, 5) is 11.4. The number of halogens is 2. The minimum Gasteiger partial charge on any atom is -0.481 e. The maximum absolute atomic E-state index is 13.3. The van der Waals surface area contributed by atoms with Crippen molar-refractivity contribution in [2.45, 2.75) is 20.3 Å². The predicted octanol–water partition coefficient (Wildman–Crippen LogP) is 3.02. The van der Waals surface area contributed by atoms with Gasteiger partial charge in [-0.25, -0.2) is 4.39 Å². The minimum absolute atomic E-state index is 0.0263. The molecule has 0 radical (unpaired) electrons. The summed E-state index contributed by atoms with van der Waals surface area (Å²) in [5.74, 6) is -0.277. The highest BCUT2D eigenvalue weighted by Gasteiger charge is 2.07. The van der Waals surface area contributed by atoms with Gasteiger partial charge in [0.15, 0.2) is 18.2 Å². The molecule has 0 fully saturated rings. The summed E-state index contributed by atoms with van der Waals surface area (Å²) in [7, 11) is 0. The van der Waals surface area contributed by atoms with Gasteiger partial charge in [-0.3, -0.25) is 4.79 Å². The second-order valence-corrected chi connectivity index (χ2v) is 4.83. The number of hydrogen-bond donors (Lipinski definition) is 1. The highest BCUT2D eigenvalue weighted by Crippen LogP contribution is 2.20. The first-order valence-electron chi connectivity index (χ1n) is 5.83. The molecule has 0 saturated heterocycles. The molecule has 0 bridgehead atoms. The highest BCUT2D eigenvalue weighted by atomic mass is 35.5. The summed E-state index contributed by atoms with van der Waals surface area (Å²) >= 11 is 5.60. The van der Waals surface area contributed by atoms with Gasteiger partial charge >= 0.3 is 0 Å². The normalized spacial score (nSPS) is 10.5. The standard InChI is InChI=1S/C13H17ClFNO2/c1-9(2)5-6-16-13(17)8-18-12-4-3-10(14)7-11(12)15/h3-4,7,9H,5-6,8H2,1-2H3,(H,16,17). The Hall–Kier alpha value is -1.29. The van der Waals surface area contributed by atoms with Gasteiger partial charge < -0.3 is 10.1 Å². The zero-order valence-corrected chi connectivity index (χ0v) is 11.3. The molecular formula is C13H17ClFNO2. The molecule has 0 spiro atoms. The zero-order chi connectivity index (χ0) is 13.5. The molecule has 100 valence electrons. The quantitative estimate of drug-likeness (QED) is 0.865. The Kier molecular flexibility index (Phi) is 5.92. The van der Waals surface area contributed by atoms with Crippen LogP contribution in [0.4, 0.5) is 4.39 Å². The third kappa shape index (κ3) is 5.36. The molecule has 0 aliphatic heterocycles. The van der Waals surface area contributed by atoms with Crippen molar-refractivity contribution in [1.29, 1.82) is 0 Å². The van der Waals surface area contributed by atoms with Crippen LogP contribution in [0.25, 0.3) is 0 Å². The first-order valence-corrected chi connectivity index (χ1v) is 6.21. The fourth-order valence-corrected chi connectivity index (χ4v) is 1.45. The monoisotopic (exact) mass is 273 g/mol. The molecule has 1 N–H and O–H groups in total. The van der Waals surface area contributed by atoms with Crippen LogP contribution in [0.5, 0.6) is 5.75 Å². The predicted molar refractivity (Wildman–Crippen MR) is 69.4 cm³/mol. The molecule has 0 aliphatic carbocycles. The molecule has 1 amide bonds. The molecule has 0 saturated carbocycles. The van der Waals surface area contributed by atoms with Gasteiger partial charge in [0.25, 0.3) is 5.91 Å². The smallest absolute Gasteiger partial charge is 0.257 e. The van der Waals surface area contributed by atoms with E-state index >= 15 is 0 Å². The van der Waals surface area contributed by atoms with E-state index in [0.717, 1.165) is 12.5 Å². The van der Waals surface area contributed by atoms with Gasteiger partial charge in [0.2, 0.25) is 0 Å². The van der Waals surface area contributed by atoms with Crippen LogP contribution in [0.3, 0.4) is 0 Å². The van der Waals surface area contributed by atoms with Gasteiger partial charge in [0.05, 0.1) is 0 Å². The second kappa shape index (κ2) is 7.21. The van der Waals surface area contributed by atoms with E-state index in [4.69, 9.17) is 16.3 Å². The van der Waals surface area contributed by atoms with Crippen LogP contribution in [0.15, 0.2) is 18.2 Å². The fourth-order valence-electron chi connectivity index (χ4n) is 1.29. The topological polar surface area (TPSA) is 38.3 Å². The third-order valence-corrected chi connectivity index (χ3v) is 2.53. The Bertz CT molecular complexity index is 410. The SMILES string of the molecule is CC(C)CCNC(=O)COc1ccc(Cl)cc1F. The molecule has 18 heavy (non-hydrogen) atoms. The van der Waals surface area contributed by atoms with Crippen molar-refractivity contribution in [3.63, 3.8) is 0 Å². The first kappa shape index (κ1) is 14.8. The first-order chi connectivity index (χ1) is 8.49. The number of benzene rings is 1. The van der Waals surface area contributed by atoms with Gasteiger partial charge in [0.1, 0.15) is 0 Å². The molecule has 0 aromatic heterocycles. The van der Waals surface area contributed by atoms with Crippen LogP contribution in [0.1, 0.15) is 20.3 Å². The number of carbonyl (C=O) groups is 1. The van der Waals surface area contributed by atoms with Crippen LogP contribution >= 0.6 is 11.6 Å². The number of ether oxygens (including phenoxy) is 1. The lowest BCUT2D eigenvalue weighted by atomic mass is 10.1. The Morgan fingerprint density at radius 2 is 2.22 bits per heavy atom. The van der Waals surface area contributed by atoms with E-state index in [1.165, 1.54) is 12.1 Å². The summed E-state index contributed by atoms with van der Waals surface area (Å²) in [6.45, 7) is 4.55. The van der Waals surface area contributed by atoms with E-state index < -0.39 is 5.82 Å². The van der Waals surface area contributed by atoms with Gasteiger partial charge in [-0.05, 0) is 30.5 Å². The highest BCUT2D eigenvalue weighted by molar-refractivity contribution is 6.30. The van der Waals surface area contributed by atoms with Crippen molar-refractivity contribution >= 4 is 17.5 Å². The molecule has 3 nitrogen and oxygen atoms in total. The molecule has 1 aromatic carbocycles. The van der Waals surface area contributed by atoms with E-state index in [2.05, 4.69) is 19.2 Å². The van der Waals surface area contributed by atoms with E-state index in [1.54, 1.807) is 0 Å². The number of carbonyl (C=O) groups excluding carboxylic acids is 1. The zero-order valence-electron chi connectivity index (χ0n) is 10.5. The summed E-state index contributed by atoms with van der Waals surface area (Å²) < 4.78 is 18.4. The van der Waals surface area contributed by atoms with Gasteiger partial charge in [-0.1, -0.05) is 25.4 Å². The maximum Gasteiger partial charge on any atom is 0.257 e. The van der Waals surface area contributed by atoms with Gasteiger partial charge in [0, 0.05) is 11.6 Å². The molecular weight excluding hydrogens is 257 g/mol. The Labute approximate surface area is 111 Å². The largest absolute Gasteiger partial charge is 0.481 e. The number of rotatable bonds is 6. The number of nitrogens with one attached hydrogen (secondary N) is 1. The lowest BCUT2D eigenvalue weighted by Gasteiger charge is -2.09. The van der Waals surface area contributed by atoms with Crippen molar-refractivity contribution in [3.05, 3.63) is 29.0 Å². The van der Waals surface area contributed by atoms with Crippen LogP contribution in [-0.2, 0) is 4.79 Å². The van der Waals surface area contributed by atoms with Crippen LogP contribution in [0.2, 0.25) is 5.02 Å². The molecule has 0 heterocycles. The van der Waals surface area contributed by atoms with Gasteiger partial charge in [-0.15, -0.1) is 0 Å². The fraction of sp³-hybridized carbons (Fsp3) is 0.462. The number of hydrogen-bond acceptors (Lipinski definition) is 2. The lowest BCUT2D eigenvalue weighted by molar-refractivity contribution is -0.123. The summed E-state index contributed by atoms with van der Waals surface area (Å²) in [5.41, 5.74) is 0. The minimum atomic E-state index is -0.572. The van der Waals surface area contributed by atoms with Crippen molar-refractivity contribution in [1.82, 2.24) is 5.32 Å². The van der Waals surface area contributed by atoms with E-state index in [-0.39, 0.29) is 18.3 Å². The van der Waals surface area contributed by atoms with Crippen molar-refractivity contribution < 1.29 is 13.9 Å². The van der Waals surface area contributed by atoms with E-state index in [1.807, 2.05) is 0 Å². The van der Waals surface area contributed by atoms with E-state index in [9.17, 15) is 9.18 Å². The van der Waals surface area contributed by atoms with Crippen LogP contribution < -0.4 is 10.1 Å². The third-order valence-electron chi connectivity index (χ3n) is 2.30. The maximum atomic E-state index is 13.3. The van der Waals surface area contributed by atoms with Crippen LogP contribution in [-0.4, -0.2) is 19.1 Å². The van der Waals surface area contributed by atoms with Gasteiger partial charge in [-0.2, -0.15) is 0 Å². The average Bonchev–Trinajstić information content (AvgIpc) is 2.27.